The summed E-state index contributed by atoms with van der Waals surface area (Å²) in [5, 5.41) is 10.9. The lowest BCUT2D eigenvalue weighted by atomic mass is 10.1. The number of rotatable bonds is 3. The lowest BCUT2D eigenvalue weighted by Crippen LogP contribution is -2.03. The second-order valence-corrected chi connectivity index (χ2v) is 3.88. The molecule has 1 aromatic carbocycles. The third-order valence-electron chi connectivity index (χ3n) is 1.87. The zero-order chi connectivity index (χ0) is 11.6. The third-order valence-corrected chi connectivity index (χ3v) is 2.88. The molecule has 15 heavy (non-hydrogen) atoms. The standard InChI is InChI=1S/C9H7BrClNO3/c1-5-2-6(12(14)15)3-7(9(5)11)8(13)4-10/h2-3H,4H2,1H3. The predicted octanol–water partition coefficient (Wildman–Crippen LogP) is 3.13. The number of ketones is 1. The van der Waals surface area contributed by atoms with Gasteiger partial charge in [-0.15, -0.1) is 0 Å². The van der Waals surface area contributed by atoms with Crippen molar-refractivity contribution in [1.82, 2.24) is 0 Å². The quantitative estimate of drug-likeness (QED) is 0.372. The van der Waals surface area contributed by atoms with E-state index in [2.05, 4.69) is 15.9 Å². The van der Waals surface area contributed by atoms with Gasteiger partial charge in [0.15, 0.2) is 5.78 Å². The Morgan fingerprint density at radius 1 is 1.60 bits per heavy atom. The molecule has 0 bridgehead atoms. The van der Waals surface area contributed by atoms with Gasteiger partial charge in [-0.3, -0.25) is 14.9 Å². The molecular formula is C9H7BrClNO3. The van der Waals surface area contributed by atoms with Crippen molar-refractivity contribution in [2.24, 2.45) is 0 Å². The highest BCUT2D eigenvalue weighted by Gasteiger charge is 2.17. The van der Waals surface area contributed by atoms with E-state index in [0.29, 0.717) is 5.56 Å². The van der Waals surface area contributed by atoms with Crippen molar-refractivity contribution in [1.29, 1.82) is 0 Å². The van der Waals surface area contributed by atoms with Gasteiger partial charge in [-0.25, -0.2) is 0 Å². The van der Waals surface area contributed by atoms with Crippen molar-refractivity contribution in [2.75, 3.05) is 5.33 Å². The zero-order valence-corrected chi connectivity index (χ0v) is 10.1. The lowest BCUT2D eigenvalue weighted by Gasteiger charge is -2.04. The van der Waals surface area contributed by atoms with Gasteiger partial charge in [0.1, 0.15) is 0 Å². The Hall–Kier alpha value is -0.940. The number of hydrogen-bond donors (Lipinski definition) is 0. The predicted molar refractivity (Wildman–Crippen MR) is 61.0 cm³/mol. The normalized spacial score (nSPS) is 10.1. The summed E-state index contributed by atoms with van der Waals surface area (Å²) in [5.74, 6) is -0.271. The SMILES string of the molecule is Cc1cc([N+](=O)[O-])cc(C(=O)CBr)c1Cl. The summed E-state index contributed by atoms with van der Waals surface area (Å²) in [6.45, 7) is 1.63. The molecule has 0 saturated heterocycles. The van der Waals surface area contributed by atoms with Gasteiger partial charge in [-0.05, 0) is 12.5 Å². The molecule has 0 aromatic heterocycles. The average molecular weight is 293 g/mol. The minimum Gasteiger partial charge on any atom is -0.293 e. The maximum absolute atomic E-state index is 11.4. The van der Waals surface area contributed by atoms with E-state index in [-0.39, 0.29) is 27.4 Å². The molecule has 0 fully saturated rings. The van der Waals surface area contributed by atoms with Gasteiger partial charge in [0.25, 0.3) is 5.69 Å². The monoisotopic (exact) mass is 291 g/mol. The van der Waals surface area contributed by atoms with Crippen LogP contribution in [0.1, 0.15) is 15.9 Å². The smallest absolute Gasteiger partial charge is 0.270 e. The molecule has 0 heterocycles. The van der Waals surface area contributed by atoms with Gasteiger partial charge >= 0.3 is 0 Å². The average Bonchev–Trinajstić information content (AvgIpc) is 2.20. The van der Waals surface area contributed by atoms with E-state index in [1.807, 2.05) is 0 Å². The van der Waals surface area contributed by atoms with Crippen LogP contribution in [0.2, 0.25) is 5.02 Å². The molecule has 0 N–H and O–H groups in total. The molecule has 0 amide bonds. The topological polar surface area (TPSA) is 60.2 Å². The van der Waals surface area contributed by atoms with E-state index in [4.69, 9.17) is 11.6 Å². The lowest BCUT2D eigenvalue weighted by molar-refractivity contribution is -0.384. The van der Waals surface area contributed by atoms with Gasteiger partial charge in [0, 0.05) is 17.7 Å². The van der Waals surface area contributed by atoms with Crippen LogP contribution >= 0.6 is 27.5 Å². The molecule has 0 aliphatic rings. The van der Waals surface area contributed by atoms with E-state index in [9.17, 15) is 14.9 Å². The van der Waals surface area contributed by atoms with Crippen molar-refractivity contribution in [3.63, 3.8) is 0 Å². The van der Waals surface area contributed by atoms with Crippen LogP contribution in [0.25, 0.3) is 0 Å². The van der Waals surface area contributed by atoms with Crippen molar-refractivity contribution >= 4 is 39.0 Å². The maximum Gasteiger partial charge on any atom is 0.270 e. The van der Waals surface area contributed by atoms with Crippen LogP contribution in [0.4, 0.5) is 5.69 Å². The van der Waals surface area contributed by atoms with Gasteiger partial charge in [-0.1, -0.05) is 27.5 Å². The second-order valence-electron chi connectivity index (χ2n) is 2.94. The molecule has 0 spiro atoms. The number of carbonyl (C=O) groups excluding carboxylic acids is 1. The molecule has 4 nitrogen and oxygen atoms in total. The van der Waals surface area contributed by atoms with E-state index < -0.39 is 4.92 Å². The highest BCUT2D eigenvalue weighted by molar-refractivity contribution is 9.09. The number of alkyl halides is 1. The van der Waals surface area contributed by atoms with Crippen LogP contribution in [0.5, 0.6) is 0 Å². The molecule has 80 valence electrons. The molecule has 1 aromatic rings. The summed E-state index contributed by atoms with van der Waals surface area (Å²) < 4.78 is 0. The van der Waals surface area contributed by atoms with E-state index in [1.165, 1.54) is 12.1 Å². The Bertz CT molecular complexity index is 434. The molecule has 0 radical (unpaired) electrons. The van der Waals surface area contributed by atoms with Crippen LogP contribution in [0.15, 0.2) is 12.1 Å². The maximum atomic E-state index is 11.4. The number of nitro groups is 1. The highest BCUT2D eigenvalue weighted by Crippen LogP contribution is 2.27. The Morgan fingerprint density at radius 3 is 2.67 bits per heavy atom. The number of carbonyl (C=O) groups is 1. The van der Waals surface area contributed by atoms with Crippen molar-refractivity contribution in [3.05, 3.63) is 38.4 Å². The number of hydrogen-bond acceptors (Lipinski definition) is 3. The zero-order valence-electron chi connectivity index (χ0n) is 7.79. The first-order chi connectivity index (χ1) is 6.97. The van der Waals surface area contributed by atoms with E-state index in [0.717, 1.165) is 0 Å². The van der Waals surface area contributed by atoms with Gasteiger partial charge in [0.05, 0.1) is 15.3 Å². The summed E-state index contributed by atoms with van der Waals surface area (Å²) in [5.41, 5.74) is 0.580. The molecule has 1 rings (SSSR count). The fraction of sp³-hybridized carbons (Fsp3) is 0.222. The first-order valence-corrected chi connectivity index (χ1v) is 5.51. The van der Waals surface area contributed by atoms with Crippen LogP contribution in [-0.2, 0) is 0 Å². The highest BCUT2D eigenvalue weighted by atomic mass is 79.9. The first-order valence-electron chi connectivity index (χ1n) is 4.01. The Kier molecular flexibility index (Phi) is 3.82. The first kappa shape index (κ1) is 12.1. The molecule has 0 unspecified atom stereocenters. The number of non-ortho nitro benzene ring substituents is 1. The summed E-state index contributed by atoms with van der Waals surface area (Å²) in [7, 11) is 0. The second kappa shape index (κ2) is 4.72. The van der Waals surface area contributed by atoms with Crippen molar-refractivity contribution < 1.29 is 9.72 Å². The van der Waals surface area contributed by atoms with Crippen molar-refractivity contribution in [3.8, 4) is 0 Å². The number of halogens is 2. The molecule has 6 heteroatoms. The Labute approximate surface area is 99.5 Å². The Morgan fingerprint density at radius 2 is 2.20 bits per heavy atom. The summed E-state index contributed by atoms with van der Waals surface area (Å²) in [6, 6.07) is 2.53. The van der Waals surface area contributed by atoms with Crippen LogP contribution in [-0.4, -0.2) is 16.0 Å². The third kappa shape index (κ3) is 2.54. The molecular weight excluding hydrogens is 285 g/mol. The number of Topliss-reactive ketones (excluding diaryl/α,β-unsaturated/α-hetero) is 1. The largest absolute Gasteiger partial charge is 0.293 e. The van der Waals surface area contributed by atoms with Crippen molar-refractivity contribution in [2.45, 2.75) is 6.92 Å². The Balaban J connectivity index is 3.37. The van der Waals surface area contributed by atoms with Crippen LogP contribution in [0, 0.1) is 17.0 Å². The molecule has 0 aliphatic carbocycles. The number of benzene rings is 1. The van der Waals surface area contributed by atoms with Gasteiger partial charge in [-0.2, -0.15) is 0 Å². The number of nitro benzene ring substituents is 1. The number of aryl methyl sites for hydroxylation is 1. The molecule has 0 atom stereocenters. The number of nitrogens with zero attached hydrogens (tertiary/aromatic N) is 1. The van der Waals surface area contributed by atoms with Gasteiger partial charge < -0.3 is 0 Å². The van der Waals surface area contributed by atoms with Crippen LogP contribution in [0.3, 0.4) is 0 Å². The fourth-order valence-electron chi connectivity index (χ4n) is 1.13. The minimum absolute atomic E-state index is 0.0906. The summed E-state index contributed by atoms with van der Waals surface area (Å²) in [6.07, 6.45) is 0. The minimum atomic E-state index is -0.547. The van der Waals surface area contributed by atoms with E-state index in [1.54, 1.807) is 6.92 Å². The van der Waals surface area contributed by atoms with Gasteiger partial charge in [0.2, 0.25) is 0 Å². The van der Waals surface area contributed by atoms with Crippen LogP contribution < -0.4 is 0 Å². The van der Waals surface area contributed by atoms with E-state index >= 15 is 0 Å². The molecule has 0 aliphatic heterocycles. The molecule has 0 saturated carbocycles. The summed E-state index contributed by atoms with van der Waals surface area (Å²) in [4.78, 5) is 21.4. The fourth-order valence-corrected chi connectivity index (χ4v) is 1.65. The summed E-state index contributed by atoms with van der Waals surface area (Å²) >= 11 is 8.87.